The fraction of sp³-hybridized carbons (Fsp3) is 0.292. The fourth-order valence-corrected chi connectivity index (χ4v) is 3.82. The number of nitrogens with one attached hydrogen (secondary N) is 1. The number of fused-ring (bicyclic) bond motifs is 1. The molecule has 2 aromatic carbocycles. The molecule has 178 valence electrons. The standard InChI is InChI=1S/C24H25ClFN5O3/c1-2-22(32)28-20-13-16-19(14-21(20)34-9-3-6-31-7-10-33-11-8-31)29-24(30-23(16)27)15-4-5-18(26)17(25)12-15/h2,4-5,12-14H,1,3,6-11H2,(H,28,32)(H2,27,29,30). The van der Waals surface area contributed by atoms with Crippen LogP contribution in [0.2, 0.25) is 5.02 Å². The highest BCUT2D eigenvalue weighted by Crippen LogP contribution is 2.34. The summed E-state index contributed by atoms with van der Waals surface area (Å²) in [5.74, 6) is 0.0384. The lowest BCUT2D eigenvalue weighted by Gasteiger charge is -2.26. The van der Waals surface area contributed by atoms with E-state index in [9.17, 15) is 9.18 Å². The summed E-state index contributed by atoms with van der Waals surface area (Å²) in [5.41, 5.74) is 7.68. The van der Waals surface area contributed by atoms with Gasteiger partial charge in [-0.25, -0.2) is 14.4 Å². The van der Waals surface area contributed by atoms with Crippen molar-refractivity contribution in [1.82, 2.24) is 14.9 Å². The first-order chi connectivity index (χ1) is 16.4. The highest BCUT2D eigenvalue weighted by atomic mass is 35.5. The number of carbonyl (C=O) groups is 1. The third-order valence-corrected chi connectivity index (χ3v) is 5.72. The molecule has 0 radical (unpaired) electrons. The molecule has 34 heavy (non-hydrogen) atoms. The molecule has 1 amide bonds. The summed E-state index contributed by atoms with van der Waals surface area (Å²) in [4.78, 5) is 23.2. The van der Waals surface area contributed by atoms with E-state index in [1.165, 1.54) is 24.3 Å². The summed E-state index contributed by atoms with van der Waals surface area (Å²) in [6.07, 6.45) is 1.98. The Hall–Kier alpha value is -3.27. The van der Waals surface area contributed by atoms with Gasteiger partial charge in [0.25, 0.3) is 0 Å². The summed E-state index contributed by atoms with van der Waals surface area (Å²) in [6, 6.07) is 7.60. The van der Waals surface area contributed by atoms with E-state index in [4.69, 9.17) is 26.8 Å². The van der Waals surface area contributed by atoms with Crippen LogP contribution in [0.15, 0.2) is 43.0 Å². The number of ether oxygens (including phenoxy) is 2. The predicted molar refractivity (Wildman–Crippen MR) is 131 cm³/mol. The lowest BCUT2D eigenvalue weighted by molar-refractivity contribution is -0.111. The molecular weight excluding hydrogens is 461 g/mol. The number of rotatable bonds is 8. The maximum absolute atomic E-state index is 13.6. The van der Waals surface area contributed by atoms with E-state index >= 15 is 0 Å². The Kier molecular flexibility index (Phi) is 7.56. The number of morpholine rings is 1. The van der Waals surface area contributed by atoms with Crippen LogP contribution in [-0.4, -0.2) is 60.2 Å². The summed E-state index contributed by atoms with van der Waals surface area (Å²) < 4.78 is 25.0. The van der Waals surface area contributed by atoms with Crippen molar-refractivity contribution < 1.29 is 18.7 Å². The van der Waals surface area contributed by atoms with Gasteiger partial charge in [-0.15, -0.1) is 0 Å². The molecule has 8 nitrogen and oxygen atoms in total. The summed E-state index contributed by atoms with van der Waals surface area (Å²) >= 11 is 5.92. The Morgan fingerprint density at radius 1 is 1.29 bits per heavy atom. The quantitative estimate of drug-likeness (QED) is 0.368. The monoisotopic (exact) mass is 485 g/mol. The van der Waals surface area contributed by atoms with Crippen molar-refractivity contribution in [2.75, 3.05) is 50.5 Å². The van der Waals surface area contributed by atoms with Gasteiger partial charge in [-0.3, -0.25) is 9.69 Å². The van der Waals surface area contributed by atoms with E-state index < -0.39 is 5.82 Å². The Morgan fingerprint density at radius 2 is 2.09 bits per heavy atom. The van der Waals surface area contributed by atoms with Gasteiger partial charge < -0.3 is 20.5 Å². The molecule has 2 heterocycles. The molecule has 1 fully saturated rings. The minimum absolute atomic E-state index is 0.0356. The lowest BCUT2D eigenvalue weighted by atomic mass is 10.1. The van der Waals surface area contributed by atoms with Gasteiger partial charge in [0.15, 0.2) is 5.82 Å². The Balaban J connectivity index is 1.62. The maximum atomic E-state index is 13.6. The van der Waals surface area contributed by atoms with Crippen LogP contribution >= 0.6 is 11.6 Å². The second kappa shape index (κ2) is 10.8. The number of nitrogens with two attached hydrogens (primary N) is 1. The van der Waals surface area contributed by atoms with Gasteiger partial charge in [-0.05, 0) is 36.8 Å². The molecular formula is C24H25ClFN5O3. The molecule has 3 N–H and O–H groups in total. The third kappa shape index (κ3) is 5.61. The predicted octanol–water partition coefficient (Wildman–Crippen LogP) is 3.90. The number of benzene rings is 2. The van der Waals surface area contributed by atoms with Crippen LogP contribution in [-0.2, 0) is 9.53 Å². The Bertz CT molecular complexity index is 1220. The van der Waals surface area contributed by atoms with Gasteiger partial charge in [0.2, 0.25) is 5.91 Å². The highest BCUT2D eigenvalue weighted by Gasteiger charge is 2.15. The maximum Gasteiger partial charge on any atom is 0.247 e. The molecule has 1 aliphatic heterocycles. The summed E-state index contributed by atoms with van der Waals surface area (Å²) in [6.45, 7) is 8.12. The smallest absolute Gasteiger partial charge is 0.247 e. The second-order valence-electron chi connectivity index (χ2n) is 7.78. The first-order valence-electron chi connectivity index (χ1n) is 10.9. The normalized spacial score (nSPS) is 14.2. The van der Waals surface area contributed by atoms with Crippen molar-refractivity contribution in [2.45, 2.75) is 6.42 Å². The van der Waals surface area contributed by atoms with Crippen LogP contribution < -0.4 is 15.8 Å². The average Bonchev–Trinajstić information content (AvgIpc) is 2.84. The minimum Gasteiger partial charge on any atom is -0.491 e. The fourth-order valence-electron chi connectivity index (χ4n) is 3.64. The third-order valence-electron chi connectivity index (χ3n) is 5.43. The van der Waals surface area contributed by atoms with Crippen LogP contribution in [0.5, 0.6) is 5.75 Å². The van der Waals surface area contributed by atoms with Crippen molar-refractivity contribution in [2.24, 2.45) is 0 Å². The number of nitrogens with zero attached hydrogens (tertiary/aromatic N) is 3. The largest absolute Gasteiger partial charge is 0.491 e. The molecule has 3 aromatic rings. The zero-order chi connectivity index (χ0) is 24.1. The Morgan fingerprint density at radius 3 is 2.82 bits per heavy atom. The van der Waals surface area contributed by atoms with Crippen molar-refractivity contribution in [3.8, 4) is 17.1 Å². The average molecular weight is 486 g/mol. The summed E-state index contributed by atoms with van der Waals surface area (Å²) in [5, 5.41) is 3.25. The topological polar surface area (TPSA) is 103 Å². The highest BCUT2D eigenvalue weighted by molar-refractivity contribution is 6.31. The van der Waals surface area contributed by atoms with Crippen molar-refractivity contribution >= 4 is 39.9 Å². The zero-order valence-corrected chi connectivity index (χ0v) is 19.3. The van der Waals surface area contributed by atoms with E-state index in [1.807, 2.05) is 0 Å². The minimum atomic E-state index is -0.533. The van der Waals surface area contributed by atoms with Crippen LogP contribution in [0.1, 0.15) is 6.42 Å². The number of aromatic nitrogens is 2. The number of hydrogen-bond acceptors (Lipinski definition) is 7. The second-order valence-corrected chi connectivity index (χ2v) is 8.18. The van der Waals surface area contributed by atoms with E-state index in [1.54, 1.807) is 12.1 Å². The molecule has 0 saturated carbocycles. The van der Waals surface area contributed by atoms with Gasteiger partial charge in [0.05, 0.1) is 36.0 Å². The van der Waals surface area contributed by atoms with E-state index in [-0.39, 0.29) is 16.7 Å². The number of nitrogen functional groups attached to an aromatic ring is 1. The molecule has 10 heteroatoms. The summed E-state index contributed by atoms with van der Waals surface area (Å²) in [7, 11) is 0. The molecule has 1 aromatic heterocycles. The molecule has 0 aliphatic carbocycles. The zero-order valence-electron chi connectivity index (χ0n) is 18.5. The molecule has 0 atom stereocenters. The molecule has 1 saturated heterocycles. The van der Waals surface area contributed by atoms with Crippen molar-refractivity contribution in [3.05, 3.63) is 53.8 Å². The SMILES string of the molecule is C=CC(=O)Nc1cc2c(N)nc(-c3ccc(F)c(Cl)c3)nc2cc1OCCCN1CCOCC1. The molecule has 0 bridgehead atoms. The van der Waals surface area contributed by atoms with E-state index in [2.05, 4.69) is 26.8 Å². The number of amides is 1. The van der Waals surface area contributed by atoms with Crippen LogP contribution in [0, 0.1) is 5.82 Å². The first kappa shape index (κ1) is 23.9. The number of halogens is 2. The first-order valence-corrected chi connectivity index (χ1v) is 11.3. The number of carbonyl (C=O) groups excluding carboxylic acids is 1. The number of hydrogen-bond donors (Lipinski definition) is 2. The van der Waals surface area contributed by atoms with Gasteiger partial charge in [-0.1, -0.05) is 18.2 Å². The van der Waals surface area contributed by atoms with Crippen molar-refractivity contribution in [3.63, 3.8) is 0 Å². The van der Waals surface area contributed by atoms with Crippen molar-refractivity contribution in [1.29, 1.82) is 0 Å². The van der Waals surface area contributed by atoms with E-state index in [0.717, 1.165) is 39.3 Å². The van der Waals surface area contributed by atoms with Crippen LogP contribution in [0.4, 0.5) is 15.9 Å². The van der Waals surface area contributed by atoms with Gasteiger partial charge >= 0.3 is 0 Å². The number of anilines is 2. The molecule has 1 aliphatic rings. The van der Waals surface area contributed by atoms with Gasteiger partial charge in [-0.2, -0.15) is 0 Å². The molecule has 4 rings (SSSR count). The Labute approximate surface area is 201 Å². The van der Waals surface area contributed by atoms with E-state index in [0.29, 0.717) is 40.3 Å². The van der Waals surface area contributed by atoms with Gasteiger partial charge in [0, 0.05) is 36.7 Å². The van der Waals surface area contributed by atoms with Crippen LogP contribution in [0.3, 0.4) is 0 Å². The lowest BCUT2D eigenvalue weighted by Crippen LogP contribution is -2.37. The van der Waals surface area contributed by atoms with Gasteiger partial charge in [0.1, 0.15) is 17.4 Å². The molecule has 0 spiro atoms. The van der Waals surface area contributed by atoms with Crippen LogP contribution in [0.25, 0.3) is 22.3 Å². The molecule has 0 unspecified atom stereocenters.